The lowest BCUT2D eigenvalue weighted by Crippen LogP contribution is -2.21. The van der Waals surface area contributed by atoms with Crippen LogP contribution in [0.15, 0.2) is 0 Å². The zero-order valence-electron chi connectivity index (χ0n) is 14.8. The lowest BCUT2D eigenvalue weighted by molar-refractivity contribution is -0.139. The second-order valence-electron chi connectivity index (χ2n) is 5.22. The fraction of sp³-hybridized carbons (Fsp3) is 0.588. The maximum atomic E-state index is 12.4. The molecule has 0 radical (unpaired) electrons. The number of rotatable bonds is 8. The Balaban J connectivity index is 3.74. The summed E-state index contributed by atoms with van der Waals surface area (Å²) in [5, 5.41) is 9.54. The summed E-state index contributed by atoms with van der Waals surface area (Å²) in [6, 6.07) is 0. The Morgan fingerprint density at radius 2 is 1.58 bits per heavy atom. The van der Waals surface area contributed by atoms with Crippen molar-refractivity contribution >= 4 is 17.9 Å². The molecule has 0 spiro atoms. The predicted molar refractivity (Wildman–Crippen MR) is 87.4 cm³/mol. The van der Waals surface area contributed by atoms with Gasteiger partial charge in [0.15, 0.2) is 0 Å². The summed E-state index contributed by atoms with van der Waals surface area (Å²) in [6.07, 6.45) is 0.285. The molecule has 134 valence electrons. The normalized spacial score (nSPS) is 11.9. The van der Waals surface area contributed by atoms with Crippen molar-refractivity contribution < 1.29 is 29.0 Å². The summed E-state index contributed by atoms with van der Waals surface area (Å²) in [6.45, 7) is 9.17. The molecule has 7 heteroatoms. The van der Waals surface area contributed by atoms with Gasteiger partial charge in [0.05, 0.1) is 24.7 Å². The average molecular weight is 339 g/mol. The molecule has 0 fully saturated rings. The van der Waals surface area contributed by atoms with E-state index in [0.717, 1.165) is 0 Å². The Bertz CT molecular complexity index is 632. The first-order valence-corrected chi connectivity index (χ1v) is 8.15. The highest BCUT2D eigenvalue weighted by Gasteiger charge is 2.35. The lowest BCUT2D eigenvalue weighted by Gasteiger charge is -2.16. The highest BCUT2D eigenvalue weighted by Crippen LogP contribution is 2.32. The number of esters is 2. The second kappa shape index (κ2) is 8.52. The van der Waals surface area contributed by atoms with E-state index in [9.17, 15) is 19.5 Å². The standard InChI is InChI=1S/C17H25NO6/c1-6-11(15(19)20)14-12(16(21)23-8-3)10(5)13(18(14)7-2)17(22)24-9-4/h11H,6-9H2,1-5H3,(H,19,20). The van der Waals surface area contributed by atoms with Gasteiger partial charge in [-0.2, -0.15) is 0 Å². The van der Waals surface area contributed by atoms with Crippen LogP contribution in [0.1, 0.15) is 72.1 Å². The smallest absolute Gasteiger partial charge is 0.355 e. The summed E-state index contributed by atoms with van der Waals surface area (Å²) in [4.78, 5) is 36.4. The van der Waals surface area contributed by atoms with Gasteiger partial charge in [0.1, 0.15) is 5.69 Å². The van der Waals surface area contributed by atoms with Gasteiger partial charge in [0.2, 0.25) is 0 Å². The third-order valence-corrected chi connectivity index (χ3v) is 3.85. The van der Waals surface area contributed by atoms with Crippen molar-refractivity contribution in [1.82, 2.24) is 4.57 Å². The number of carboxylic acid groups (broad SMARTS) is 1. The summed E-state index contributed by atoms with van der Waals surface area (Å²) >= 11 is 0. The Morgan fingerprint density at radius 1 is 1.04 bits per heavy atom. The quantitative estimate of drug-likeness (QED) is 0.732. The van der Waals surface area contributed by atoms with Gasteiger partial charge >= 0.3 is 17.9 Å². The number of hydrogen-bond donors (Lipinski definition) is 1. The number of aliphatic carboxylic acids is 1. The van der Waals surface area contributed by atoms with Crippen LogP contribution in [0, 0.1) is 6.92 Å². The molecular weight excluding hydrogens is 314 g/mol. The fourth-order valence-corrected chi connectivity index (χ4v) is 2.87. The Labute approximate surface area is 141 Å². The van der Waals surface area contributed by atoms with Gasteiger partial charge in [0.25, 0.3) is 0 Å². The number of nitrogens with zero attached hydrogens (tertiary/aromatic N) is 1. The van der Waals surface area contributed by atoms with Crippen molar-refractivity contribution in [2.24, 2.45) is 0 Å². The Kier molecular flexibility index (Phi) is 7.00. The number of carbonyl (C=O) groups excluding carboxylic acids is 2. The fourth-order valence-electron chi connectivity index (χ4n) is 2.87. The number of aromatic nitrogens is 1. The van der Waals surface area contributed by atoms with Gasteiger partial charge in [-0.3, -0.25) is 4.79 Å². The van der Waals surface area contributed by atoms with Gasteiger partial charge in [-0.15, -0.1) is 0 Å². The van der Waals surface area contributed by atoms with Gasteiger partial charge in [-0.25, -0.2) is 9.59 Å². The summed E-state index contributed by atoms with van der Waals surface area (Å²) in [5.74, 6) is -3.16. The van der Waals surface area contributed by atoms with E-state index < -0.39 is 23.8 Å². The molecule has 1 rings (SSSR count). The van der Waals surface area contributed by atoms with Gasteiger partial charge < -0.3 is 19.1 Å². The van der Waals surface area contributed by atoms with Crippen LogP contribution in [0.5, 0.6) is 0 Å². The van der Waals surface area contributed by atoms with Gasteiger partial charge in [0, 0.05) is 12.2 Å². The van der Waals surface area contributed by atoms with Crippen LogP contribution >= 0.6 is 0 Å². The van der Waals surface area contributed by atoms with Gasteiger partial charge in [-0.1, -0.05) is 6.92 Å². The second-order valence-corrected chi connectivity index (χ2v) is 5.22. The van der Waals surface area contributed by atoms with Crippen molar-refractivity contribution in [3.05, 3.63) is 22.5 Å². The number of carboxylic acids is 1. The van der Waals surface area contributed by atoms with Gasteiger partial charge in [-0.05, 0) is 39.7 Å². The van der Waals surface area contributed by atoms with E-state index in [0.29, 0.717) is 17.8 Å². The van der Waals surface area contributed by atoms with Crippen LogP contribution in [0.3, 0.4) is 0 Å². The average Bonchev–Trinajstić information content (AvgIpc) is 2.80. The van der Waals surface area contributed by atoms with Crippen LogP contribution in [0.2, 0.25) is 0 Å². The molecule has 1 heterocycles. The van der Waals surface area contributed by atoms with E-state index in [2.05, 4.69) is 0 Å². The molecule has 0 aliphatic heterocycles. The molecule has 0 bridgehead atoms. The van der Waals surface area contributed by atoms with E-state index in [-0.39, 0.29) is 30.9 Å². The first kappa shape index (κ1) is 19.7. The van der Waals surface area contributed by atoms with E-state index in [4.69, 9.17) is 9.47 Å². The molecule has 0 saturated heterocycles. The molecular formula is C17H25NO6. The largest absolute Gasteiger partial charge is 0.481 e. The van der Waals surface area contributed by atoms with E-state index in [1.54, 1.807) is 39.2 Å². The first-order valence-electron chi connectivity index (χ1n) is 8.15. The molecule has 0 amide bonds. The minimum atomic E-state index is -1.05. The maximum Gasteiger partial charge on any atom is 0.355 e. The third-order valence-electron chi connectivity index (χ3n) is 3.85. The summed E-state index contributed by atoms with van der Waals surface area (Å²) in [5.41, 5.74) is 1.04. The lowest BCUT2D eigenvalue weighted by atomic mass is 9.97. The van der Waals surface area contributed by atoms with Crippen molar-refractivity contribution in [3.8, 4) is 0 Å². The molecule has 0 saturated carbocycles. The van der Waals surface area contributed by atoms with Crippen LogP contribution < -0.4 is 0 Å². The SMILES string of the molecule is CCOC(=O)c1c(C)c(C(=O)OCC)n(CC)c1C(CC)C(=O)O. The molecule has 1 N–H and O–H groups in total. The molecule has 0 aromatic carbocycles. The Morgan fingerprint density at radius 3 is 2.00 bits per heavy atom. The zero-order chi connectivity index (χ0) is 18.4. The van der Waals surface area contributed by atoms with E-state index in [1.807, 2.05) is 0 Å². The summed E-state index contributed by atoms with van der Waals surface area (Å²) in [7, 11) is 0. The molecule has 1 aromatic rings. The van der Waals surface area contributed by atoms with Crippen molar-refractivity contribution in [2.75, 3.05) is 13.2 Å². The summed E-state index contributed by atoms with van der Waals surface area (Å²) < 4.78 is 11.7. The van der Waals surface area contributed by atoms with Crippen LogP contribution in [-0.2, 0) is 20.8 Å². The highest BCUT2D eigenvalue weighted by atomic mass is 16.5. The van der Waals surface area contributed by atoms with Crippen LogP contribution in [-0.4, -0.2) is 40.8 Å². The number of carbonyl (C=O) groups is 3. The number of ether oxygens (including phenoxy) is 2. The van der Waals surface area contributed by atoms with E-state index >= 15 is 0 Å². The monoisotopic (exact) mass is 339 g/mol. The molecule has 1 atom stereocenters. The highest BCUT2D eigenvalue weighted by molar-refractivity contribution is 6.00. The Hall–Kier alpha value is -2.31. The molecule has 0 aliphatic carbocycles. The minimum absolute atomic E-state index is 0.149. The molecule has 0 aliphatic rings. The molecule has 24 heavy (non-hydrogen) atoms. The van der Waals surface area contributed by atoms with Crippen molar-refractivity contribution in [3.63, 3.8) is 0 Å². The third kappa shape index (κ3) is 3.60. The molecule has 1 unspecified atom stereocenters. The minimum Gasteiger partial charge on any atom is -0.481 e. The first-order chi connectivity index (χ1) is 11.3. The predicted octanol–water partition coefficient (Wildman–Crippen LogP) is 2.75. The van der Waals surface area contributed by atoms with E-state index in [1.165, 1.54) is 0 Å². The van der Waals surface area contributed by atoms with Crippen molar-refractivity contribution in [2.45, 2.75) is 53.5 Å². The maximum absolute atomic E-state index is 12.4. The van der Waals surface area contributed by atoms with Crippen molar-refractivity contribution in [1.29, 1.82) is 0 Å². The van der Waals surface area contributed by atoms with Crippen LogP contribution in [0.4, 0.5) is 0 Å². The topological polar surface area (TPSA) is 94.8 Å². The number of hydrogen-bond acceptors (Lipinski definition) is 5. The molecule has 1 aromatic heterocycles. The molecule has 7 nitrogen and oxygen atoms in total. The van der Waals surface area contributed by atoms with Crippen LogP contribution in [0.25, 0.3) is 0 Å². The zero-order valence-corrected chi connectivity index (χ0v) is 14.8.